The molecule has 1 heterocycles. The fourth-order valence-electron chi connectivity index (χ4n) is 1.34. The van der Waals surface area contributed by atoms with Crippen LogP contribution in [0, 0.1) is 0 Å². The van der Waals surface area contributed by atoms with Gasteiger partial charge in [0.15, 0.2) is 0 Å². The first-order valence-electron chi connectivity index (χ1n) is 6.07. The molecule has 1 atom stereocenters. The van der Waals surface area contributed by atoms with E-state index in [-0.39, 0.29) is 5.92 Å². The molecule has 1 aromatic rings. The lowest BCUT2D eigenvalue weighted by molar-refractivity contribution is 0.208. The molecular weight excluding hydrogens is 216 g/mol. The minimum Gasteiger partial charge on any atom is -0.392 e. The van der Waals surface area contributed by atoms with Crippen molar-refractivity contribution < 1.29 is 5.11 Å². The predicted octanol–water partition coefficient (Wildman–Crippen LogP) is 1.82. The van der Waals surface area contributed by atoms with Crippen molar-refractivity contribution in [3.8, 4) is 0 Å². The van der Waals surface area contributed by atoms with Crippen molar-refractivity contribution in [1.29, 1.82) is 0 Å². The molecule has 0 saturated carbocycles. The number of aromatic nitrogens is 2. The second-order valence-electron chi connectivity index (χ2n) is 4.41. The summed E-state index contributed by atoms with van der Waals surface area (Å²) in [5, 5.41) is 15.5. The molecule has 5 heteroatoms. The van der Waals surface area contributed by atoms with E-state index in [1.54, 1.807) is 6.92 Å². The van der Waals surface area contributed by atoms with Crippen LogP contribution in [0.15, 0.2) is 6.07 Å². The summed E-state index contributed by atoms with van der Waals surface area (Å²) in [6.07, 6.45) is -0.393. The number of anilines is 2. The van der Waals surface area contributed by atoms with E-state index < -0.39 is 6.10 Å². The number of hydrogen-bond acceptors (Lipinski definition) is 5. The van der Waals surface area contributed by atoms with Gasteiger partial charge in [-0.25, -0.2) is 9.97 Å². The van der Waals surface area contributed by atoms with E-state index in [0.29, 0.717) is 6.54 Å². The molecule has 0 radical (unpaired) electrons. The normalized spacial score (nSPS) is 12.6. The highest BCUT2D eigenvalue weighted by Crippen LogP contribution is 2.16. The van der Waals surface area contributed by atoms with E-state index in [1.807, 2.05) is 13.0 Å². The minimum atomic E-state index is -0.393. The molecule has 5 nitrogen and oxygen atoms in total. The second-order valence-corrected chi connectivity index (χ2v) is 4.41. The number of rotatable bonds is 6. The molecule has 1 rings (SSSR count). The molecular formula is C12H22N4O. The van der Waals surface area contributed by atoms with Crippen molar-refractivity contribution in [2.24, 2.45) is 0 Å². The average molecular weight is 238 g/mol. The van der Waals surface area contributed by atoms with Crippen LogP contribution in [0.5, 0.6) is 0 Å². The maximum Gasteiger partial charge on any atom is 0.135 e. The third-order valence-electron chi connectivity index (χ3n) is 2.20. The SMILES string of the molecule is CCNc1cc(NCC(C)O)nc(C(C)C)n1. The van der Waals surface area contributed by atoms with Gasteiger partial charge in [-0.05, 0) is 13.8 Å². The van der Waals surface area contributed by atoms with E-state index in [0.717, 1.165) is 24.0 Å². The minimum absolute atomic E-state index is 0.278. The maximum absolute atomic E-state index is 9.24. The first kappa shape index (κ1) is 13.7. The molecule has 1 unspecified atom stereocenters. The molecule has 0 amide bonds. The van der Waals surface area contributed by atoms with E-state index in [1.165, 1.54) is 0 Å². The van der Waals surface area contributed by atoms with Gasteiger partial charge in [0.25, 0.3) is 0 Å². The highest BCUT2D eigenvalue weighted by atomic mass is 16.3. The quantitative estimate of drug-likeness (QED) is 0.705. The van der Waals surface area contributed by atoms with Crippen molar-refractivity contribution in [2.45, 2.75) is 39.7 Å². The van der Waals surface area contributed by atoms with Gasteiger partial charge in [-0.2, -0.15) is 0 Å². The van der Waals surface area contributed by atoms with Crippen LogP contribution >= 0.6 is 0 Å². The molecule has 0 fully saturated rings. The third-order valence-corrected chi connectivity index (χ3v) is 2.20. The summed E-state index contributed by atoms with van der Waals surface area (Å²) in [5.74, 6) is 2.65. The van der Waals surface area contributed by atoms with Gasteiger partial charge in [-0.1, -0.05) is 13.8 Å². The Kier molecular flexibility index (Phi) is 5.15. The molecule has 0 bridgehead atoms. The van der Waals surface area contributed by atoms with Crippen LogP contribution in [0.2, 0.25) is 0 Å². The zero-order valence-electron chi connectivity index (χ0n) is 11.0. The fourth-order valence-corrected chi connectivity index (χ4v) is 1.34. The molecule has 0 aliphatic rings. The summed E-state index contributed by atoms with van der Waals surface area (Å²) >= 11 is 0. The van der Waals surface area contributed by atoms with Crippen LogP contribution < -0.4 is 10.6 Å². The molecule has 17 heavy (non-hydrogen) atoms. The summed E-state index contributed by atoms with van der Waals surface area (Å²) < 4.78 is 0. The molecule has 0 saturated heterocycles. The Bertz CT molecular complexity index is 352. The zero-order chi connectivity index (χ0) is 12.8. The summed E-state index contributed by atoms with van der Waals surface area (Å²) in [7, 11) is 0. The number of hydrogen-bond donors (Lipinski definition) is 3. The molecule has 3 N–H and O–H groups in total. The van der Waals surface area contributed by atoms with E-state index in [2.05, 4.69) is 34.4 Å². The Hall–Kier alpha value is -1.36. The zero-order valence-corrected chi connectivity index (χ0v) is 11.0. The molecule has 0 spiro atoms. The van der Waals surface area contributed by atoms with Crippen LogP contribution in [-0.4, -0.2) is 34.3 Å². The Labute approximate surface area is 103 Å². The van der Waals surface area contributed by atoms with Crippen molar-refractivity contribution in [2.75, 3.05) is 23.7 Å². The third kappa shape index (κ3) is 4.56. The van der Waals surface area contributed by atoms with Gasteiger partial charge in [0.1, 0.15) is 17.5 Å². The van der Waals surface area contributed by atoms with Gasteiger partial charge in [-0.15, -0.1) is 0 Å². The molecule has 0 aliphatic carbocycles. The van der Waals surface area contributed by atoms with Crippen molar-refractivity contribution in [1.82, 2.24) is 9.97 Å². The Morgan fingerprint density at radius 2 is 1.76 bits per heavy atom. The van der Waals surface area contributed by atoms with Crippen LogP contribution in [0.1, 0.15) is 39.4 Å². The number of nitrogens with one attached hydrogen (secondary N) is 2. The lowest BCUT2D eigenvalue weighted by Crippen LogP contribution is -2.17. The van der Waals surface area contributed by atoms with Crippen LogP contribution in [0.4, 0.5) is 11.6 Å². The first-order chi connectivity index (χ1) is 8.02. The molecule has 1 aromatic heterocycles. The number of aliphatic hydroxyl groups excluding tert-OH is 1. The van der Waals surface area contributed by atoms with Gasteiger partial charge in [-0.3, -0.25) is 0 Å². The fraction of sp³-hybridized carbons (Fsp3) is 0.667. The first-order valence-corrected chi connectivity index (χ1v) is 6.07. The lowest BCUT2D eigenvalue weighted by Gasteiger charge is -2.13. The highest BCUT2D eigenvalue weighted by molar-refractivity contribution is 5.47. The lowest BCUT2D eigenvalue weighted by atomic mass is 10.2. The molecule has 0 aliphatic heterocycles. The van der Waals surface area contributed by atoms with Gasteiger partial charge in [0.2, 0.25) is 0 Å². The molecule has 0 aromatic carbocycles. The Morgan fingerprint density at radius 1 is 1.18 bits per heavy atom. The topological polar surface area (TPSA) is 70.1 Å². The summed E-state index contributed by atoms with van der Waals surface area (Å²) in [5.41, 5.74) is 0. The van der Waals surface area contributed by atoms with Crippen molar-refractivity contribution in [3.05, 3.63) is 11.9 Å². The average Bonchev–Trinajstić information content (AvgIpc) is 2.26. The van der Waals surface area contributed by atoms with Gasteiger partial charge in [0, 0.05) is 25.1 Å². The monoisotopic (exact) mass is 238 g/mol. The number of aliphatic hydroxyl groups is 1. The summed E-state index contributed by atoms with van der Waals surface area (Å²) in [4.78, 5) is 8.84. The largest absolute Gasteiger partial charge is 0.392 e. The summed E-state index contributed by atoms with van der Waals surface area (Å²) in [6, 6.07) is 1.86. The Balaban J connectivity index is 2.87. The van der Waals surface area contributed by atoms with E-state index >= 15 is 0 Å². The predicted molar refractivity (Wildman–Crippen MR) is 70.5 cm³/mol. The second kappa shape index (κ2) is 6.39. The maximum atomic E-state index is 9.24. The highest BCUT2D eigenvalue weighted by Gasteiger charge is 2.08. The van der Waals surface area contributed by atoms with Crippen molar-refractivity contribution >= 4 is 11.6 Å². The standard InChI is InChI=1S/C12H22N4O/c1-5-13-10-6-11(14-7-9(4)17)16-12(15-10)8(2)3/h6,8-9,17H,5,7H2,1-4H3,(H2,13,14,15,16). The summed E-state index contributed by atoms with van der Waals surface area (Å²) in [6.45, 7) is 9.19. The van der Waals surface area contributed by atoms with Crippen LogP contribution in [-0.2, 0) is 0 Å². The van der Waals surface area contributed by atoms with Gasteiger partial charge in [0.05, 0.1) is 6.10 Å². The van der Waals surface area contributed by atoms with E-state index in [4.69, 9.17) is 0 Å². The molecule has 96 valence electrons. The van der Waals surface area contributed by atoms with Gasteiger partial charge < -0.3 is 15.7 Å². The van der Waals surface area contributed by atoms with Crippen molar-refractivity contribution in [3.63, 3.8) is 0 Å². The van der Waals surface area contributed by atoms with E-state index in [9.17, 15) is 5.11 Å². The van der Waals surface area contributed by atoms with Crippen LogP contribution in [0.3, 0.4) is 0 Å². The number of nitrogens with zero attached hydrogens (tertiary/aromatic N) is 2. The van der Waals surface area contributed by atoms with Crippen LogP contribution in [0.25, 0.3) is 0 Å². The smallest absolute Gasteiger partial charge is 0.135 e. The Morgan fingerprint density at radius 3 is 2.24 bits per heavy atom. The van der Waals surface area contributed by atoms with Gasteiger partial charge >= 0.3 is 0 Å².